The van der Waals surface area contributed by atoms with Crippen LogP contribution in [0, 0.1) is 0 Å². The van der Waals surface area contributed by atoms with Gasteiger partial charge in [-0.05, 0) is 25.5 Å². The highest BCUT2D eigenvalue weighted by molar-refractivity contribution is 5.85. The van der Waals surface area contributed by atoms with Crippen molar-refractivity contribution >= 4 is 24.8 Å². The van der Waals surface area contributed by atoms with Crippen molar-refractivity contribution in [1.82, 2.24) is 15.5 Å². The van der Waals surface area contributed by atoms with Gasteiger partial charge in [-0.1, -0.05) is 30.3 Å². The number of H-pyrrole nitrogens is 1. The third-order valence-corrected chi connectivity index (χ3v) is 3.40. The van der Waals surface area contributed by atoms with Crippen LogP contribution in [0.4, 0.5) is 0 Å². The van der Waals surface area contributed by atoms with Gasteiger partial charge >= 0.3 is 0 Å². The van der Waals surface area contributed by atoms with Crippen molar-refractivity contribution in [3.63, 3.8) is 0 Å². The SMILES string of the molecule is Cl.Cl.c1ccc(-c2cc(C3CCCNC3)[nH]n2)cc1. The van der Waals surface area contributed by atoms with Gasteiger partial charge in [-0.3, -0.25) is 5.10 Å². The molecule has 0 radical (unpaired) electrons. The van der Waals surface area contributed by atoms with Gasteiger partial charge in [0.2, 0.25) is 0 Å². The van der Waals surface area contributed by atoms with Gasteiger partial charge in [0.05, 0.1) is 5.69 Å². The molecular weight excluding hydrogens is 281 g/mol. The van der Waals surface area contributed by atoms with Crippen molar-refractivity contribution < 1.29 is 0 Å². The number of aromatic nitrogens is 2. The Balaban J connectivity index is 0.000000902. The molecule has 1 fully saturated rings. The first-order valence-corrected chi connectivity index (χ1v) is 6.25. The summed E-state index contributed by atoms with van der Waals surface area (Å²) >= 11 is 0. The molecule has 0 bridgehead atoms. The van der Waals surface area contributed by atoms with Gasteiger partial charge in [-0.2, -0.15) is 5.10 Å². The van der Waals surface area contributed by atoms with E-state index in [1.54, 1.807) is 0 Å². The van der Waals surface area contributed by atoms with E-state index in [1.807, 2.05) is 18.2 Å². The third kappa shape index (κ3) is 3.72. The molecule has 1 aliphatic heterocycles. The molecule has 0 spiro atoms. The molecular formula is C14H19Cl2N3. The Morgan fingerprint density at radius 3 is 2.58 bits per heavy atom. The lowest BCUT2D eigenvalue weighted by atomic mass is 9.96. The molecule has 3 rings (SSSR count). The molecule has 5 heteroatoms. The van der Waals surface area contributed by atoms with Crippen LogP contribution in [0.25, 0.3) is 11.3 Å². The zero-order valence-corrected chi connectivity index (χ0v) is 12.3. The molecule has 3 nitrogen and oxygen atoms in total. The van der Waals surface area contributed by atoms with Crippen LogP contribution in [0.15, 0.2) is 36.4 Å². The first kappa shape index (κ1) is 16.0. The largest absolute Gasteiger partial charge is 0.316 e. The van der Waals surface area contributed by atoms with E-state index in [2.05, 4.69) is 33.7 Å². The van der Waals surface area contributed by atoms with Crippen LogP contribution in [-0.4, -0.2) is 23.3 Å². The molecule has 1 unspecified atom stereocenters. The van der Waals surface area contributed by atoms with Crippen LogP contribution in [-0.2, 0) is 0 Å². The Morgan fingerprint density at radius 2 is 1.89 bits per heavy atom. The molecule has 1 atom stereocenters. The van der Waals surface area contributed by atoms with E-state index in [9.17, 15) is 0 Å². The van der Waals surface area contributed by atoms with E-state index in [0.717, 1.165) is 18.8 Å². The summed E-state index contributed by atoms with van der Waals surface area (Å²) in [4.78, 5) is 0. The second kappa shape index (κ2) is 7.53. The summed E-state index contributed by atoms with van der Waals surface area (Å²) in [7, 11) is 0. The molecule has 1 aromatic carbocycles. The maximum Gasteiger partial charge on any atom is 0.0923 e. The molecule has 2 heterocycles. The Labute approximate surface area is 126 Å². The molecule has 0 saturated carbocycles. The number of rotatable bonds is 2. The van der Waals surface area contributed by atoms with Crippen LogP contribution >= 0.6 is 24.8 Å². The summed E-state index contributed by atoms with van der Waals surface area (Å²) in [6.07, 6.45) is 2.51. The summed E-state index contributed by atoms with van der Waals surface area (Å²) in [6, 6.07) is 12.5. The Bertz CT molecular complexity index is 478. The molecule has 2 N–H and O–H groups in total. The lowest BCUT2D eigenvalue weighted by Gasteiger charge is -2.21. The van der Waals surface area contributed by atoms with Gasteiger partial charge in [-0.25, -0.2) is 0 Å². The second-order valence-electron chi connectivity index (χ2n) is 4.62. The standard InChI is InChI=1S/C14H17N3.2ClH/c1-2-5-11(6-3-1)13-9-14(17-16-13)12-7-4-8-15-10-12;;/h1-3,5-6,9,12,15H,4,7-8,10H2,(H,16,17);2*1H. The lowest BCUT2D eigenvalue weighted by molar-refractivity contribution is 0.454. The summed E-state index contributed by atoms with van der Waals surface area (Å²) in [5.74, 6) is 0.591. The average molecular weight is 300 g/mol. The minimum Gasteiger partial charge on any atom is -0.316 e. The van der Waals surface area contributed by atoms with Gasteiger partial charge < -0.3 is 5.32 Å². The third-order valence-electron chi connectivity index (χ3n) is 3.40. The predicted molar refractivity (Wildman–Crippen MR) is 83.4 cm³/mol. The molecule has 1 saturated heterocycles. The summed E-state index contributed by atoms with van der Waals surface area (Å²) in [6.45, 7) is 2.21. The van der Waals surface area contributed by atoms with Crippen LogP contribution in [0.1, 0.15) is 24.5 Å². The van der Waals surface area contributed by atoms with E-state index in [1.165, 1.54) is 24.1 Å². The molecule has 1 aromatic heterocycles. The number of hydrogen-bond acceptors (Lipinski definition) is 2. The minimum absolute atomic E-state index is 0. The number of nitrogens with one attached hydrogen (secondary N) is 2. The van der Waals surface area contributed by atoms with Gasteiger partial charge in [0.1, 0.15) is 0 Å². The fourth-order valence-corrected chi connectivity index (χ4v) is 2.42. The number of nitrogens with zero attached hydrogens (tertiary/aromatic N) is 1. The van der Waals surface area contributed by atoms with Crippen molar-refractivity contribution in [3.05, 3.63) is 42.1 Å². The van der Waals surface area contributed by atoms with E-state index in [4.69, 9.17) is 0 Å². The number of piperidine rings is 1. The van der Waals surface area contributed by atoms with Crippen LogP contribution < -0.4 is 5.32 Å². The van der Waals surface area contributed by atoms with Crippen molar-refractivity contribution in [2.45, 2.75) is 18.8 Å². The monoisotopic (exact) mass is 299 g/mol. The predicted octanol–water partition coefficient (Wildman–Crippen LogP) is 3.39. The van der Waals surface area contributed by atoms with Crippen molar-refractivity contribution in [3.8, 4) is 11.3 Å². The highest BCUT2D eigenvalue weighted by atomic mass is 35.5. The molecule has 1 aliphatic rings. The highest BCUT2D eigenvalue weighted by Crippen LogP contribution is 2.25. The van der Waals surface area contributed by atoms with Crippen molar-refractivity contribution in [2.24, 2.45) is 0 Å². The van der Waals surface area contributed by atoms with Gasteiger partial charge in [0, 0.05) is 23.7 Å². The molecule has 0 aliphatic carbocycles. The topological polar surface area (TPSA) is 40.7 Å². The van der Waals surface area contributed by atoms with Crippen LogP contribution in [0.5, 0.6) is 0 Å². The molecule has 2 aromatic rings. The lowest BCUT2D eigenvalue weighted by Crippen LogP contribution is -2.28. The van der Waals surface area contributed by atoms with Crippen molar-refractivity contribution in [1.29, 1.82) is 0 Å². The minimum atomic E-state index is 0. The molecule has 104 valence electrons. The first-order valence-electron chi connectivity index (χ1n) is 6.25. The van der Waals surface area contributed by atoms with E-state index in [-0.39, 0.29) is 24.8 Å². The maximum absolute atomic E-state index is 4.41. The normalized spacial score (nSPS) is 18.2. The van der Waals surface area contributed by atoms with Crippen molar-refractivity contribution in [2.75, 3.05) is 13.1 Å². The maximum atomic E-state index is 4.41. The zero-order valence-electron chi connectivity index (χ0n) is 10.6. The smallest absolute Gasteiger partial charge is 0.0923 e. The Morgan fingerprint density at radius 1 is 1.11 bits per heavy atom. The fourth-order valence-electron chi connectivity index (χ4n) is 2.42. The Hall–Kier alpha value is -1.03. The van der Waals surface area contributed by atoms with Crippen LogP contribution in [0.2, 0.25) is 0 Å². The number of benzene rings is 1. The summed E-state index contributed by atoms with van der Waals surface area (Å²) in [5, 5.41) is 11.0. The average Bonchev–Trinajstić information content (AvgIpc) is 2.90. The van der Waals surface area contributed by atoms with E-state index >= 15 is 0 Å². The second-order valence-corrected chi connectivity index (χ2v) is 4.62. The molecule has 19 heavy (non-hydrogen) atoms. The highest BCUT2D eigenvalue weighted by Gasteiger charge is 2.17. The number of hydrogen-bond donors (Lipinski definition) is 2. The first-order chi connectivity index (χ1) is 8.43. The fraction of sp³-hybridized carbons (Fsp3) is 0.357. The number of aromatic amines is 1. The van der Waals surface area contributed by atoms with Gasteiger partial charge in [0.25, 0.3) is 0 Å². The van der Waals surface area contributed by atoms with Crippen LogP contribution in [0.3, 0.4) is 0 Å². The van der Waals surface area contributed by atoms with E-state index in [0.29, 0.717) is 5.92 Å². The molecule has 0 amide bonds. The Kier molecular flexibility index (Phi) is 6.35. The summed E-state index contributed by atoms with van der Waals surface area (Å²) < 4.78 is 0. The number of halogens is 2. The quantitative estimate of drug-likeness (QED) is 0.892. The van der Waals surface area contributed by atoms with E-state index < -0.39 is 0 Å². The zero-order chi connectivity index (χ0) is 11.5. The summed E-state index contributed by atoms with van der Waals surface area (Å²) in [5.41, 5.74) is 3.49. The van der Waals surface area contributed by atoms with Gasteiger partial charge in [-0.15, -0.1) is 24.8 Å². The van der Waals surface area contributed by atoms with Gasteiger partial charge in [0.15, 0.2) is 0 Å².